The molecule has 1 amide bonds. The maximum Gasteiger partial charge on any atom is 0.341 e. The van der Waals surface area contributed by atoms with E-state index in [2.05, 4.69) is 5.32 Å². The Morgan fingerprint density at radius 2 is 2.12 bits per heavy atom. The predicted molar refractivity (Wildman–Crippen MR) is 87.5 cm³/mol. The molecule has 8 nitrogen and oxygen atoms in total. The van der Waals surface area contributed by atoms with Gasteiger partial charge in [0.2, 0.25) is 0 Å². The first-order valence-electron chi connectivity index (χ1n) is 7.03. The maximum absolute atomic E-state index is 13.7. The van der Waals surface area contributed by atoms with Crippen molar-refractivity contribution in [3.05, 3.63) is 51.1 Å². The van der Waals surface area contributed by atoms with Crippen molar-refractivity contribution in [3.63, 3.8) is 0 Å². The zero-order chi connectivity index (χ0) is 18.4. The van der Waals surface area contributed by atoms with Gasteiger partial charge in [-0.3, -0.25) is 14.9 Å². The zero-order valence-corrected chi connectivity index (χ0v) is 13.8. The summed E-state index contributed by atoms with van der Waals surface area (Å²) in [6.07, 6.45) is 0. The molecular weight excluding hydrogens is 355 g/mol. The van der Waals surface area contributed by atoms with E-state index in [4.69, 9.17) is 9.47 Å². The van der Waals surface area contributed by atoms with Gasteiger partial charge in [0.1, 0.15) is 5.00 Å². The van der Waals surface area contributed by atoms with Crippen molar-refractivity contribution in [1.82, 2.24) is 0 Å². The molecule has 1 aromatic carbocycles. The van der Waals surface area contributed by atoms with E-state index in [1.165, 1.54) is 6.07 Å². The minimum atomic E-state index is -0.953. The Labute approximate surface area is 145 Å². The third-order valence-electron chi connectivity index (χ3n) is 2.90. The van der Waals surface area contributed by atoms with Crippen molar-refractivity contribution in [1.29, 1.82) is 0 Å². The van der Waals surface area contributed by atoms with Crippen LogP contribution in [-0.2, 0) is 9.53 Å². The molecule has 1 heterocycles. The van der Waals surface area contributed by atoms with Gasteiger partial charge in [0.15, 0.2) is 18.2 Å². The number of anilines is 1. The van der Waals surface area contributed by atoms with Crippen molar-refractivity contribution in [2.75, 3.05) is 18.5 Å². The SMILES string of the molecule is CCOC(=O)c1ccsc1NC(=O)COc1ccc([N+](=O)[O-])cc1F. The van der Waals surface area contributed by atoms with Crippen LogP contribution in [0.15, 0.2) is 29.6 Å². The molecule has 0 atom stereocenters. The highest BCUT2D eigenvalue weighted by molar-refractivity contribution is 7.14. The summed E-state index contributed by atoms with van der Waals surface area (Å²) in [5.41, 5.74) is -0.214. The molecule has 1 aromatic heterocycles. The number of hydrogen-bond donors (Lipinski definition) is 1. The number of thiophene rings is 1. The Morgan fingerprint density at radius 1 is 1.36 bits per heavy atom. The van der Waals surface area contributed by atoms with Gasteiger partial charge in [-0.25, -0.2) is 9.18 Å². The summed E-state index contributed by atoms with van der Waals surface area (Å²) in [5.74, 6) is -2.44. The molecule has 25 heavy (non-hydrogen) atoms. The number of carbonyl (C=O) groups is 2. The maximum atomic E-state index is 13.7. The van der Waals surface area contributed by atoms with E-state index in [0.717, 1.165) is 23.5 Å². The minimum absolute atomic E-state index is 0.199. The molecule has 1 N–H and O–H groups in total. The lowest BCUT2D eigenvalue weighted by atomic mass is 10.3. The van der Waals surface area contributed by atoms with Crippen LogP contribution in [0.1, 0.15) is 17.3 Å². The smallest absolute Gasteiger partial charge is 0.341 e. The topological polar surface area (TPSA) is 108 Å². The van der Waals surface area contributed by atoms with Crippen molar-refractivity contribution in [3.8, 4) is 5.75 Å². The van der Waals surface area contributed by atoms with Gasteiger partial charge >= 0.3 is 5.97 Å². The Balaban J connectivity index is 1.97. The van der Waals surface area contributed by atoms with Crippen LogP contribution in [0, 0.1) is 15.9 Å². The van der Waals surface area contributed by atoms with Crippen LogP contribution in [-0.4, -0.2) is 30.0 Å². The third-order valence-corrected chi connectivity index (χ3v) is 3.73. The summed E-state index contributed by atoms with van der Waals surface area (Å²) in [6.45, 7) is 1.33. The first-order valence-corrected chi connectivity index (χ1v) is 7.91. The predicted octanol–water partition coefficient (Wildman–Crippen LogP) is 2.99. The number of rotatable bonds is 7. The zero-order valence-electron chi connectivity index (χ0n) is 13.0. The van der Waals surface area contributed by atoms with Gasteiger partial charge in [-0.1, -0.05) is 0 Å². The fraction of sp³-hybridized carbons (Fsp3) is 0.200. The minimum Gasteiger partial charge on any atom is -0.481 e. The number of nitro benzene ring substituents is 1. The molecule has 132 valence electrons. The number of halogens is 1. The standard InChI is InChI=1S/C15H13FN2O6S/c1-2-23-15(20)10-5-6-25-14(10)17-13(19)8-24-12-4-3-9(18(21)22)7-11(12)16/h3-7H,2,8H2,1H3,(H,17,19). The molecule has 0 radical (unpaired) electrons. The molecule has 0 aliphatic rings. The summed E-state index contributed by atoms with van der Waals surface area (Å²) in [5, 5.41) is 14.9. The normalized spacial score (nSPS) is 10.2. The number of hydrogen-bond acceptors (Lipinski definition) is 7. The van der Waals surface area contributed by atoms with Crippen LogP contribution in [0.4, 0.5) is 15.1 Å². The number of nitrogens with one attached hydrogen (secondary N) is 1. The number of esters is 1. The number of ether oxygens (including phenoxy) is 2. The van der Waals surface area contributed by atoms with Crippen molar-refractivity contribution in [2.45, 2.75) is 6.92 Å². The Bertz CT molecular complexity index is 807. The molecule has 0 unspecified atom stereocenters. The van der Waals surface area contributed by atoms with Crippen LogP contribution in [0.2, 0.25) is 0 Å². The molecule has 0 fully saturated rings. The fourth-order valence-electron chi connectivity index (χ4n) is 1.80. The van der Waals surface area contributed by atoms with E-state index < -0.39 is 34.9 Å². The number of carbonyl (C=O) groups excluding carboxylic acids is 2. The first-order chi connectivity index (χ1) is 11.9. The molecule has 10 heteroatoms. The number of nitrogens with zero attached hydrogens (tertiary/aromatic N) is 1. The quantitative estimate of drug-likeness (QED) is 0.457. The Morgan fingerprint density at radius 3 is 2.76 bits per heavy atom. The van der Waals surface area contributed by atoms with E-state index in [-0.39, 0.29) is 22.9 Å². The lowest BCUT2D eigenvalue weighted by Gasteiger charge is -2.08. The lowest BCUT2D eigenvalue weighted by Crippen LogP contribution is -2.21. The monoisotopic (exact) mass is 368 g/mol. The largest absolute Gasteiger partial charge is 0.481 e. The van der Waals surface area contributed by atoms with Gasteiger partial charge in [0.05, 0.1) is 23.2 Å². The van der Waals surface area contributed by atoms with E-state index >= 15 is 0 Å². The van der Waals surface area contributed by atoms with E-state index in [0.29, 0.717) is 6.07 Å². The second-order valence-corrected chi connectivity index (χ2v) is 5.51. The number of benzene rings is 1. The third kappa shape index (κ3) is 4.73. The van der Waals surface area contributed by atoms with Gasteiger partial charge in [-0.05, 0) is 24.4 Å². The fourth-order valence-corrected chi connectivity index (χ4v) is 2.59. The molecule has 0 saturated heterocycles. The van der Waals surface area contributed by atoms with Crippen molar-refractivity contribution in [2.24, 2.45) is 0 Å². The highest BCUT2D eigenvalue weighted by atomic mass is 32.1. The van der Waals surface area contributed by atoms with Crippen LogP contribution >= 0.6 is 11.3 Å². The van der Waals surface area contributed by atoms with Crippen molar-refractivity contribution >= 4 is 33.9 Å². The van der Waals surface area contributed by atoms with E-state index in [1.807, 2.05) is 0 Å². The molecule has 0 aliphatic heterocycles. The summed E-state index contributed by atoms with van der Waals surface area (Å²) in [7, 11) is 0. The molecule has 2 rings (SSSR count). The summed E-state index contributed by atoms with van der Waals surface area (Å²) < 4.78 is 23.5. The highest BCUT2D eigenvalue weighted by Gasteiger charge is 2.17. The summed E-state index contributed by atoms with van der Waals surface area (Å²) in [4.78, 5) is 33.4. The van der Waals surface area contributed by atoms with Crippen molar-refractivity contribution < 1.29 is 28.4 Å². The van der Waals surface area contributed by atoms with Crippen LogP contribution < -0.4 is 10.1 Å². The first kappa shape index (κ1) is 18.3. The van der Waals surface area contributed by atoms with Crippen LogP contribution in [0.3, 0.4) is 0 Å². The number of amides is 1. The number of nitro groups is 1. The molecule has 0 saturated carbocycles. The Hall–Kier alpha value is -3.01. The highest BCUT2D eigenvalue weighted by Crippen LogP contribution is 2.25. The summed E-state index contributed by atoms with van der Waals surface area (Å²) in [6, 6.07) is 4.34. The molecule has 0 bridgehead atoms. The summed E-state index contributed by atoms with van der Waals surface area (Å²) >= 11 is 1.12. The lowest BCUT2D eigenvalue weighted by molar-refractivity contribution is -0.385. The molecular formula is C15H13FN2O6S. The van der Waals surface area contributed by atoms with Crippen LogP contribution in [0.25, 0.3) is 0 Å². The van der Waals surface area contributed by atoms with Gasteiger partial charge < -0.3 is 14.8 Å². The second-order valence-electron chi connectivity index (χ2n) is 4.59. The van der Waals surface area contributed by atoms with Gasteiger partial charge in [0, 0.05) is 6.07 Å². The molecule has 0 spiro atoms. The Kier molecular flexibility index (Phi) is 6.01. The van der Waals surface area contributed by atoms with Gasteiger partial charge in [-0.15, -0.1) is 11.3 Å². The average molecular weight is 368 g/mol. The van der Waals surface area contributed by atoms with Gasteiger partial charge in [0.25, 0.3) is 11.6 Å². The van der Waals surface area contributed by atoms with E-state index in [1.54, 1.807) is 12.3 Å². The van der Waals surface area contributed by atoms with Crippen LogP contribution in [0.5, 0.6) is 5.75 Å². The van der Waals surface area contributed by atoms with Gasteiger partial charge in [-0.2, -0.15) is 0 Å². The molecule has 2 aromatic rings. The van der Waals surface area contributed by atoms with E-state index in [9.17, 15) is 24.1 Å². The second kappa shape index (κ2) is 8.20. The average Bonchev–Trinajstić information content (AvgIpc) is 3.02. The number of non-ortho nitro benzene ring substituents is 1. The molecule has 0 aliphatic carbocycles.